The highest BCUT2D eigenvalue weighted by Gasteiger charge is 2.20. The number of benzene rings is 1. The van der Waals surface area contributed by atoms with Crippen LogP contribution in [0.1, 0.15) is 12.6 Å². The smallest absolute Gasteiger partial charge is 0.265 e. The number of nitrogens with zero attached hydrogens (tertiary/aromatic N) is 2. The van der Waals surface area contributed by atoms with Crippen LogP contribution in [-0.2, 0) is 16.6 Å². The molecule has 0 amide bonds. The molecule has 1 aromatic heterocycles. The fourth-order valence-corrected chi connectivity index (χ4v) is 2.90. The molecule has 0 fully saturated rings. The van der Waals surface area contributed by atoms with Crippen LogP contribution < -0.4 is 4.72 Å². The Morgan fingerprint density at radius 2 is 1.95 bits per heavy atom. The van der Waals surface area contributed by atoms with Crippen LogP contribution in [0.15, 0.2) is 35.4 Å². The van der Waals surface area contributed by atoms with Crippen molar-refractivity contribution in [1.29, 1.82) is 0 Å². The van der Waals surface area contributed by atoms with Crippen molar-refractivity contribution in [3.05, 3.63) is 42.0 Å². The summed E-state index contributed by atoms with van der Waals surface area (Å²) in [6.45, 7) is 4.09. The van der Waals surface area contributed by atoms with Crippen LogP contribution in [0.4, 0.5) is 10.1 Å². The summed E-state index contributed by atoms with van der Waals surface area (Å²) in [7, 11) is -3.70. The number of rotatable bonds is 4. The predicted molar refractivity (Wildman–Crippen MR) is 69.8 cm³/mol. The van der Waals surface area contributed by atoms with Crippen LogP contribution >= 0.6 is 0 Å². The molecule has 102 valence electrons. The van der Waals surface area contributed by atoms with Crippen molar-refractivity contribution in [3.8, 4) is 0 Å². The summed E-state index contributed by atoms with van der Waals surface area (Å²) in [5, 5.41) is 4.09. The summed E-state index contributed by atoms with van der Waals surface area (Å²) in [6, 6.07) is 5.12. The summed E-state index contributed by atoms with van der Waals surface area (Å²) < 4.78 is 41.1. The highest BCUT2D eigenvalue weighted by molar-refractivity contribution is 7.92. The molecule has 1 heterocycles. The number of aromatic nitrogens is 2. The van der Waals surface area contributed by atoms with E-state index in [1.165, 1.54) is 30.5 Å². The standard InChI is InChI=1S/C12H14FN3O2S/c1-3-16-8-12(9(2)14-16)19(17,18)15-11-6-4-10(13)5-7-11/h4-8,15H,3H2,1-2H3. The van der Waals surface area contributed by atoms with E-state index in [9.17, 15) is 12.8 Å². The van der Waals surface area contributed by atoms with Crippen molar-refractivity contribution in [2.75, 3.05) is 4.72 Å². The fourth-order valence-electron chi connectivity index (χ4n) is 1.65. The van der Waals surface area contributed by atoms with E-state index in [0.29, 0.717) is 17.9 Å². The third-order valence-electron chi connectivity index (χ3n) is 2.61. The lowest BCUT2D eigenvalue weighted by Crippen LogP contribution is -2.13. The lowest BCUT2D eigenvalue weighted by molar-refractivity contribution is 0.600. The Kier molecular flexibility index (Phi) is 3.57. The van der Waals surface area contributed by atoms with Crippen LogP contribution in [-0.4, -0.2) is 18.2 Å². The zero-order valence-corrected chi connectivity index (χ0v) is 11.4. The van der Waals surface area contributed by atoms with Crippen LogP contribution in [0.3, 0.4) is 0 Å². The van der Waals surface area contributed by atoms with Gasteiger partial charge in [-0.15, -0.1) is 0 Å². The lowest BCUT2D eigenvalue weighted by Gasteiger charge is -2.06. The second kappa shape index (κ2) is 5.00. The fraction of sp³-hybridized carbons (Fsp3) is 0.250. The molecule has 0 saturated heterocycles. The average molecular weight is 283 g/mol. The largest absolute Gasteiger partial charge is 0.280 e. The highest BCUT2D eigenvalue weighted by atomic mass is 32.2. The maximum Gasteiger partial charge on any atom is 0.265 e. The first-order valence-electron chi connectivity index (χ1n) is 5.75. The van der Waals surface area contributed by atoms with Gasteiger partial charge in [-0.2, -0.15) is 5.10 Å². The van der Waals surface area contributed by atoms with Crippen molar-refractivity contribution < 1.29 is 12.8 Å². The molecule has 0 aliphatic heterocycles. The molecule has 0 unspecified atom stereocenters. The average Bonchev–Trinajstić information content (AvgIpc) is 2.74. The molecule has 5 nitrogen and oxygen atoms in total. The Morgan fingerprint density at radius 1 is 1.32 bits per heavy atom. The number of hydrogen-bond acceptors (Lipinski definition) is 3. The highest BCUT2D eigenvalue weighted by Crippen LogP contribution is 2.18. The van der Waals surface area contributed by atoms with Gasteiger partial charge in [-0.05, 0) is 38.1 Å². The first kappa shape index (κ1) is 13.5. The minimum Gasteiger partial charge on any atom is -0.280 e. The summed E-state index contributed by atoms with van der Waals surface area (Å²) in [5.74, 6) is -0.419. The van der Waals surface area contributed by atoms with Gasteiger partial charge in [0.15, 0.2) is 0 Å². The molecule has 2 rings (SSSR count). The van der Waals surface area contributed by atoms with Gasteiger partial charge >= 0.3 is 0 Å². The van der Waals surface area contributed by atoms with Gasteiger partial charge in [0.05, 0.1) is 5.69 Å². The molecule has 0 radical (unpaired) electrons. The van der Waals surface area contributed by atoms with Gasteiger partial charge < -0.3 is 0 Å². The zero-order chi connectivity index (χ0) is 14.0. The minimum atomic E-state index is -3.70. The van der Waals surface area contributed by atoms with Gasteiger partial charge in [-0.3, -0.25) is 9.40 Å². The summed E-state index contributed by atoms with van der Waals surface area (Å²) >= 11 is 0. The van der Waals surface area contributed by atoms with Crippen LogP contribution in [0.5, 0.6) is 0 Å². The Labute approximate surface area is 111 Å². The van der Waals surface area contributed by atoms with E-state index >= 15 is 0 Å². The maximum absolute atomic E-state index is 12.8. The first-order valence-corrected chi connectivity index (χ1v) is 7.23. The molecule has 0 aliphatic carbocycles. The van der Waals surface area contributed by atoms with Gasteiger partial charge in [0.2, 0.25) is 0 Å². The van der Waals surface area contributed by atoms with Gasteiger partial charge in [0.1, 0.15) is 10.7 Å². The first-order chi connectivity index (χ1) is 8.92. The van der Waals surface area contributed by atoms with Crippen molar-refractivity contribution in [1.82, 2.24) is 9.78 Å². The van der Waals surface area contributed by atoms with Crippen molar-refractivity contribution in [3.63, 3.8) is 0 Å². The molecule has 1 aromatic carbocycles. The molecule has 1 N–H and O–H groups in total. The number of anilines is 1. The molecule has 0 aliphatic rings. The number of aryl methyl sites for hydroxylation is 2. The van der Waals surface area contributed by atoms with E-state index in [0.717, 1.165) is 0 Å². The van der Waals surface area contributed by atoms with E-state index in [2.05, 4.69) is 9.82 Å². The monoisotopic (exact) mass is 283 g/mol. The number of nitrogens with one attached hydrogen (secondary N) is 1. The molecule has 0 bridgehead atoms. The van der Waals surface area contributed by atoms with E-state index in [-0.39, 0.29) is 4.90 Å². The van der Waals surface area contributed by atoms with Gasteiger partial charge in [-0.1, -0.05) is 0 Å². The molecule has 0 saturated carbocycles. The number of halogens is 1. The van der Waals surface area contributed by atoms with Crippen molar-refractivity contribution in [2.45, 2.75) is 25.3 Å². The molecule has 0 spiro atoms. The molecule has 19 heavy (non-hydrogen) atoms. The van der Waals surface area contributed by atoms with Gasteiger partial charge in [0, 0.05) is 18.4 Å². The lowest BCUT2D eigenvalue weighted by atomic mass is 10.3. The van der Waals surface area contributed by atoms with Crippen LogP contribution in [0.25, 0.3) is 0 Å². The topological polar surface area (TPSA) is 64.0 Å². The quantitative estimate of drug-likeness (QED) is 0.935. The molecular weight excluding hydrogens is 269 g/mol. The van der Waals surface area contributed by atoms with Gasteiger partial charge in [-0.25, -0.2) is 12.8 Å². The van der Waals surface area contributed by atoms with Gasteiger partial charge in [0.25, 0.3) is 10.0 Å². The number of sulfonamides is 1. The van der Waals surface area contributed by atoms with E-state index in [1.807, 2.05) is 6.92 Å². The molecular formula is C12H14FN3O2S. The zero-order valence-electron chi connectivity index (χ0n) is 10.6. The van der Waals surface area contributed by atoms with E-state index in [1.54, 1.807) is 11.6 Å². The third-order valence-corrected chi connectivity index (χ3v) is 4.10. The third kappa shape index (κ3) is 2.93. The Morgan fingerprint density at radius 3 is 2.47 bits per heavy atom. The Balaban J connectivity index is 2.31. The predicted octanol–water partition coefficient (Wildman–Crippen LogP) is 2.15. The van der Waals surface area contributed by atoms with E-state index < -0.39 is 15.8 Å². The second-order valence-corrected chi connectivity index (χ2v) is 5.70. The maximum atomic E-state index is 12.8. The summed E-state index contributed by atoms with van der Waals surface area (Å²) in [4.78, 5) is 0.124. The van der Waals surface area contributed by atoms with E-state index in [4.69, 9.17) is 0 Å². The minimum absolute atomic E-state index is 0.124. The molecule has 7 heteroatoms. The summed E-state index contributed by atoms with van der Waals surface area (Å²) in [6.07, 6.45) is 1.47. The van der Waals surface area contributed by atoms with Crippen molar-refractivity contribution in [2.24, 2.45) is 0 Å². The number of hydrogen-bond donors (Lipinski definition) is 1. The molecule has 2 aromatic rings. The molecule has 0 atom stereocenters. The Hall–Kier alpha value is -1.89. The summed E-state index contributed by atoms with van der Waals surface area (Å²) in [5.41, 5.74) is 0.738. The normalized spacial score (nSPS) is 11.5. The van der Waals surface area contributed by atoms with Crippen molar-refractivity contribution >= 4 is 15.7 Å². The second-order valence-electron chi connectivity index (χ2n) is 4.05. The van der Waals surface area contributed by atoms with Crippen LogP contribution in [0, 0.1) is 12.7 Å². The SMILES string of the molecule is CCn1cc(S(=O)(=O)Nc2ccc(F)cc2)c(C)n1. The van der Waals surface area contributed by atoms with Crippen LogP contribution in [0.2, 0.25) is 0 Å². The Bertz CT molecular complexity index is 678.